The van der Waals surface area contributed by atoms with Gasteiger partial charge in [0.15, 0.2) is 0 Å². The van der Waals surface area contributed by atoms with Crippen molar-refractivity contribution in [1.29, 1.82) is 0 Å². The van der Waals surface area contributed by atoms with E-state index in [0.29, 0.717) is 0 Å². The summed E-state index contributed by atoms with van der Waals surface area (Å²) in [5.74, 6) is 2.11. The van der Waals surface area contributed by atoms with Crippen molar-refractivity contribution in [3.63, 3.8) is 0 Å². The number of hydrogen-bond donors (Lipinski definition) is 0. The van der Waals surface area contributed by atoms with Gasteiger partial charge in [0, 0.05) is 0 Å². The largest absolute Gasteiger partial charge is 0.546 e. The van der Waals surface area contributed by atoms with Crippen LogP contribution in [0.1, 0.15) is 33.6 Å². The van der Waals surface area contributed by atoms with E-state index in [1.807, 2.05) is 0 Å². The van der Waals surface area contributed by atoms with Crippen LogP contribution in [0.25, 0.3) is 0 Å². The van der Waals surface area contributed by atoms with Gasteiger partial charge in [0.25, 0.3) is 0 Å². The Labute approximate surface area is 100 Å². The lowest BCUT2D eigenvalue weighted by atomic mass is 10.1. The van der Waals surface area contributed by atoms with E-state index in [9.17, 15) is 0 Å². The Morgan fingerprint density at radius 3 is 2.19 bits per heavy atom. The second-order valence-corrected chi connectivity index (χ2v) is 10.5. The minimum atomic E-state index is -1.69. The lowest BCUT2D eigenvalue weighted by molar-refractivity contribution is 0.260. The third-order valence-corrected chi connectivity index (χ3v) is 7.88. The van der Waals surface area contributed by atoms with Crippen LogP contribution >= 0.6 is 0 Å². The van der Waals surface area contributed by atoms with Gasteiger partial charge >= 0.3 is 0 Å². The number of hydrogen-bond acceptors (Lipinski definition) is 2. The first-order valence-electron chi connectivity index (χ1n) is 5.87. The first-order chi connectivity index (χ1) is 7.26. The van der Waals surface area contributed by atoms with Gasteiger partial charge in [-0.3, -0.25) is 0 Å². The molecule has 0 spiro atoms. The highest BCUT2D eigenvalue weighted by atomic mass is 28.4. The summed E-state index contributed by atoms with van der Waals surface area (Å²) in [6.45, 7) is 11.3. The summed E-state index contributed by atoms with van der Waals surface area (Å²) in [5.41, 5.74) is 0. The highest BCUT2D eigenvalue weighted by Gasteiger charge is 2.39. The molecule has 0 fully saturated rings. The minimum Gasteiger partial charge on any atom is -0.546 e. The van der Waals surface area contributed by atoms with E-state index < -0.39 is 8.32 Å². The Morgan fingerprint density at radius 1 is 1.12 bits per heavy atom. The lowest BCUT2D eigenvalue weighted by Gasteiger charge is -2.37. The summed E-state index contributed by atoms with van der Waals surface area (Å²) in [7, 11) is 0.0376. The molecule has 0 radical (unpaired) electrons. The minimum absolute atomic E-state index is 0.252. The van der Waals surface area contributed by atoms with Gasteiger partial charge in [0.1, 0.15) is 0 Å². The van der Waals surface area contributed by atoms with Gasteiger partial charge in [-0.25, -0.2) is 0 Å². The average molecular weight is 240 g/mol. The fraction of sp³-hybridized carbons (Fsp3) is 0.692. The van der Waals surface area contributed by atoms with Crippen molar-refractivity contribution in [1.82, 2.24) is 0 Å². The molecule has 0 aromatic rings. The smallest absolute Gasteiger partial charge is 0.250 e. The van der Waals surface area contributed by atoms with Crippen molar-refractivity contribution >= 4 is 8.32 Å². The molecular formula is C13H24O2Si. The predicted octanol–water partition coefficient (Wildman–Crippen LogP) is 4.22. The summed E-state index contributed by atoms with van der Waals surface area (Å²) in [6, 6.07) is 0. The fourth-order valence-electron chi connectivity index (χ4n) is 1.35. The van der Waals surface area contributed by atoms with E-state index in [2.05, 4.69) is 46.0 Å². The number of methoxy groups -OCH3 is 1. The standard InChI is InChI=1S/C13H24O2Si/c1-13(2,3)16(5,6)15-12-9-7-8-11(10-12)14-4/h8-9H,7,10H2,1-6H3. The van der Waals surface area contributed by atoms with Crippen LogP contribution in [0.4, 0.5) is 0 Å². The zero-order valence-electron chi connectivity index (χ0n) is 11.4. The molecule has 0 atom stereocenters. The van der Waals surface area contributed by atoms with E-state index in [4.69, 9.17) is 9.16 Å². The molecular weight excluding hydrogens is 216 g/mol. The van der Waals surface area contributed by atoms with Crippen LogP contribution in [0, 0.1) is 0 Å². The van der Waals surface area contributed by atoms with Gasteiger partial charge in [-0.15, -0.1) is 0 Å². The van der Waals surface area contributed by atoms with Crippen LogP contribution in [0.5, 0.6) is 0 Å². The first kappa shape index (κ1) is 13.4. The van der Waals surface area contributed by atoms with Gasteiger partial charge in [-0.05, 0) is 36.7 Å². The van der Waals surface area contributed by atoms with Crippen LogP contribution < -0.4 is 0 Å². The average Bonchev–Trinajstić information content (AvgIpc) is 2.15. The Hall–Kier alpha value is -0.703. The molecule has 92 valence electrons. The van der Waals surface area contributed by atoms with Crippen molar-refractivity contribution in [3.05, 3.63) is 23.7 Å². The zero-order chi connectivity index (χ0) is 12.4. The molecule has 1 aliphatic carbocycles. The second kappa shape index (κ2) is 4.66. The first-order valence-corrected chi connectivity index (χ1v) is 8.78. The monoisotopic (exact) mass is 240 g/mol. The van der Waals surface area contributed by atoms with Crippen LogP contribution in [0.3, 0.4) is 0 Å². The Morgan fingerprint density at radius 2 is 1.69 bits per heavy atom. The van der Waals surface area contributed by atoms with E-state index in [1.54, 1.807) is 7.11 Å². The summed E-state index contributed by atoms with van der Waals surface area (Å²) >= 11 is 0. The van der Waals surface area contributed by atoms with E-state index in [1.165, 1.54) is 0 Å². The Kier molecular flexibility index (Phi) is 3.89. The van der Waals surface area contributed by atoms with Crippen LogP contribution in [0.15, 0.2) is 23.7 Å². The van der Waals surface area contributed by atoms with Crippen molar-refractivity contribution < 1.29 is 9.16 Å². The predicted molar refractivity (Wildman–Crippen MR) is 70.7 cm³/mol. The molecule has 0 bridgehead atoms. The fourth-order valence-corrected chi connectivity index (χ4v) is 2.47. The van der Waals surface area contributed by atoms with Crippen molar-refractivity contribution in [2.24, 2.45) is 0 Å². The van der Waals surface area contributed by atoms with Crippen LogP contribution in [-0.4, -0.2) is 15.4 Å². The van der Waals surface area contributed by atoms with E-state index in [0.717, 1.165) is 24.4 Å². The zero-order valence-corrected chi connectivity index (χ0v) is 12.4. The van der Waals surface area contributed by atoms with Gasteiger partial charge in [-0.1, -0.05) is 20.8 Å². The molecule has 0 amide bonds. The Bertz CT molecular complexity index is 308. The third kappa shape index (κ3) is 3.14. The molecule has 0 aliphatic heterocycles. The number of ether oxygens (including phenoxy) is 1. The lowest BCUT2D eigenvalue weighted by Crippen LogP contribution is -2.40. The van der Waals surface area contributed by atoms with Gasteiger partial charge in [0.2, 0.25) is 8.32 Å². The summed E-state index contributed by atoms with van der Waals surface area (Å²) in [6.07, 6.45) is 6.01. The molecule has 16 heavy (non-hydrogen) atoms. The molecule has 2 nitrogen and oxygen atoms in total. The molecule has 1 aliphatic rings. The van der Waals surface area contributed by atoms with Crippen molar-refractivity contribution in [2.45, 2.75) is 51.7 Å². The van der Waals surface area contributed by atoms with Crippen molar-refractivity contribution in [2.75, 3.05) is 7.11 Å². The van der Waals surface area contributed by atoms with Crippen LogP contribution in [0.2, 0.25) is 18.1 Å². The van der Waals surface area contributed by atoms with Gasteiger partial charge < -0.3 is 9.16 Å². The second-order valence-electron chi connectivity index (χ2n) is 5.82. The maximum absolute atomic E-state index is 6.25. The molecule has 0 unspecified atom stereocenters. The van der Waals surface area contributed by atoms with Gasteiger partial charge in [-0.2, -0.15) is 0 Å². The van der Waals surface area contributed by atoms with E-state index >= 15 is 0 Å². The maximum Gasteiger partial charge on any atom is 0.250 e. The highest BCUT2D eigenvalue weighted by molar-refractivity contribution is 6.74. The highest BCUT2D eigenvalue weighted by Crippen LogP contribution is 2.39. The molecule has 0 aromatic heterocycles. The normalized spacial score (nSPS) is 17.6. The molecule has 0 saturated heterocycles. The maximum atomic E-state index is 6.25. The molecule has 0 saturated carbocycles. The molecule has 0 heterocycles. The molecule has 1 rings (SSSR count). The summed E-state index contributed by atoms with van der Waals surface area (Å²) in [4.78, 5) is 0. The third-order valence-electron chi connectivity index (χ3n) is 3.49. The quantitative estimate of drug-likeness (QED) is 0.688. The number of rotatable bonds is 3. The molecule has 0 aromatic carbocycles. The van der Waals surface area contributed by atoms with Crippen molar-refractivity contribution in [3.8, 4) is 0 Å². The molecule has 3 heteroatoms. The van der Waals surface area contributed by atoms with E-state index in [-0.39, 0.29) is 5.04 Å². The number of allylic oxidation sites excluding steroid dienone is 2. The summed E-state index contributed by atoms with van der Waals surface area (Å²) in [5, 5.41) is 0.252. The topological polar surface area (TPSA) is 18.5 Å². The van der Waals surface area contributed by atoms with Gasteiger partial charge in [0.05, 0.1) is 25.0 Å². The van der Waals surface area contributed by atoms with Crippen LogP contribution in [-0.2, 0) is 9.16 Å². The SMILES string of the molecule is COC1=CCC=C(O[Si](C)(C)C(C)(C)C)C1. The Balaban J connectivity index is 2.66. The summed E-state index contributed by atoms with van der Waals surface area (Å²) < 4.78 is 11.5. The molecule has 0 N–H and O–H groups in total.